The highest BCUT2D eigenvalue weighted by atomic mass is 79.9. The molecule has 1 aliphatic heterocycles. The molecule has 1 heterocycles. The Morgan fingerprint density at radius 1 is 1.12 bits per heavy atom. The molecule has 3 aromatic rings. The van der Waals surface area contributed by atoms with Crippen molar-refractivity contribution in [2.45, 2.75) is 13.8 Å². The second-order valence-electron chi connectivity index (χ2n) is 8.92. The normalized spacial score (nSPS) is 14.1. The molecule has 41 heavy (non-hydrogen) atoms. The number of anilines is 2. The molecule has 1 fully saturated rings. The van der Waals surface area contributed by atoms with Crippen molar-refractivity contribution >= 4 is 62.8 Å². The average Bonchev–Trinajstić information content (AvgIpc) is 2.91. The molecular formula is C28H23BrN4O8. The SMILES string of the molecule is COc1cc(/C=C2/C(=O)NC(=O)N(c3cccc([N+](=O)[O-])c3)C2=O)cc(Br)c1OCC(=O)Nc1ccc(C)cc1C. The monoisotopic (exact) mass is 622 g/mol. The van der Waals surface area contributed by atoms with Gasteiger partial charge in [0.15, 0.2) is 18.1 Å². The molecule has 2 N–H and O–H groups in total. The van der Waals surface area contributed by atoms with Crippen LogP contribution in [0.25, 0.3) is 6.08 Å². The number of hydrogen-bond donors (Lipinski definition) is 2. The number of nitro groups is 1. The van der Waals surface area contributed by atoms with E-state index in [1.807, 2.05) is 26.0 Å². The fraction of sp³-hybridized carbons (Fsp3) is 0.143. The van der Waals surface area contributed by atoms with E-state index in [9.17, 15) is 29.3 Å². The van der Waals surface area contributed by atoms with E-state index in [4.69, 9.17) is 9.47 Å². The largest absolute Gasteiger partial charge is 0.493 e. The van der Waals surface area contributed by atoms with Gasteiger partial charge in [-0.05, 0) is 71.2 Å². The number of carbonyl (C=O) groups is 4. The Morgan fingerprint density at radius 3 is 2.56 bits per heavy atom. The molecule has 0 aliphatic carbocycles. The van der Waals surface area contributed by atoms with Crippen LogP contribution in [-0.4, -0.2) is 42.4 Å². The van der Waals surface area contributed by atoms with E-state index in [2.05, 4.69) is 26.6 Å². The summed E-state index contributed by atoms with van der Waals surface area (Å²) >= 11 is 3.37. The first-order valence-corrected chi connectivity index (χ1v) is 12.8. The molecule has 12 nitrogen and oxygen atoms in total. The molecule has 210 valence electrons. The van der Waals surface area contributed by atoms with Gasteiger partial charge in [0, 0.05) is 17.8 Å². The Balaban J connectivity index is 1.57. The van der Waals surface area contributed by atoms with Crippen molar-refractivity contribution in [1.82, 2.24) is 5.32 Å². The third kappa shape index (κ3) is 6.41. The number of non-ortho nitro benzene ring substituents is 1. The van der Waals surface area contributed by atoms with Gasteiger partial charge < -0.3 is 14.8 Å². The van der Waals surface area contributed by atoms with E-state index in [1.54, 1.807) is 6.07 Å². The summed E-state index contributed by atoms with van der Waals surface area (Å²) in [4.78, 5) is 61.9. The number of nitrogens with one attached hydrogen (secondary N) is 2. The molecule has 0 saturated carbocycles. The number of methoxy groups -OCH3 is 1. The maximum absolute atomic E-state index is 13.2. The fourth-order valence-electron chi connectivity index (χ4n) is 4.05. The van der Waals surface area contributed by atoms with E-state index in [1.165, 1.54) is 43.5 Å². The van der Waals surface area contributed by atoms with Crippen molar-refractivity contribution in [3.05, 3.63) is 91.4 Å². The molecule has 0 bridgehead atoms. The summed E-state index contributed by atoms with van der Waals surface area (Å²) in [5.41, 5.74) is 2.14. The summed E-state index contributed by atoms with van der Waals surface area (Å²) in [6.07, 6.45) is 1.23. The van der Waals surface area contributed by atoms with Gasteiger partial charge in [0.05, 0.1) is 22.2 Å². The number of nitrogens with zero attached hydrogens (tertiary/aromatic N) is 2. The smallest absolute Gasteiger partial charge is 0.335 e. The van der Waals surface area contributed by atoms with Crippen molar-refractivity contribution in [1.29, 1.82) is 0 Å². The van der Waals surface area contributed by atoms with Crippen molar-refractivity contribution in [3.8, 4) is 11.5 Å². The predicted molar refractivity (Wildman–Crippen MR) is 153 cm³/mol. The molecule has 0 aromatic heterocycles. The van der Waals surface area contributed by atoms with Crippen LogP contribution in [0.1, 0.15) is 16.7 Å². The summed E-state index contributed by atoms with van der Waals surface area (Å²) in [7, 11) is 1.38. The molecule has 5 amide bonds. The molecular weight excluding hydrogens is 600 g/mol. The number of imide groups is 2. The van der Waals surface area contributed by atoms with E-state index < -0.39 is 34.2 Å². The van der Waals surface area contributed by atoms with E-state index in [-0.39, 0.29) is 29.5 Å². The number of halogens is 1. The maximum Gasteiger partial charge on any atom is 0.335 e. The number of nitro benzene ring substituents is 1. The summed E-state index contributed by atoms with van der Waals surface area (Å²) in [5.74, 6) is -1.91. The van der Waals surface area contributed by atoms with Crippen LogP contribution in [0.2, 0.25) is 0 Å². The van der Waals surface area contributed by atoms with Crippen molar-refractivity contribution < 1.29 is 33.6 Å². The third-order valence-electron chi connectivity index (χ3n) is 5.97. The highest BCUT2D eigenvalue weighted by molar-refractivity contribution is 9.10. The Bertz CT molecular complexity index is 1640. The van der Waals surface area contributed by atoms with Gasteiger partial charge >= 0.3 is 6.03 Å². The summed E-state index contributed by atoms with van der Waals surface area (Å²) in [6, 6.07) is 12.5. The number of benzene rings is 3. The van der Waals surface area contributed by atoms with Crippen LogP contribution in [0.15, 0.2) is 64.6 Å². The third-order valence-corrected chi connectivity index (χ3v) is 6.56. The molecule has 4 rings (SSSR count). The minimum Gasteiger partial charge on any atom is -0.493 e. The molecule has 13 heteroatoms. The maximum atomic E-state index is 13.2. The highest BCUT2D eigenvalue weighted by Crippen LogP contribution is 2.37. The number of ether oxygens (including phenoxy) is 2. The first kappa shape index (κ1) is 29.0. The van der Waals surface area contributed by atoms with Gasteiger partial charge in [-0.15, -0.1) is 0 Å². The van der Waals surface area contributed by atoms with Gasteiger partial charge in [-0.1, -0.05) is 23.8 Å². The zero-order valence-electron chi connectivity index (χ0n) is 22.0. The second kappa shape index (κ2) is 12.0. The Hall–Kier alpha value is -5.04. The standard InChI is InChI=1S/C28H23BrN4O8/c1-15-7-8-22(16(2)9-15)30-24(34)14-41-25-21(29)11-17(12-23(25)40-3)10-20-26(35)31-28(37)32(27(20)36)18-5-4-6-19(13-18)33(38)39/h4-13H,14H2,1-3H3,(H,30,34)(H,31,35,37)/b20-10-. The van der Waals surface area contributed by atoms with Crippen LogP contribution < -0.4 is 25.0 Å². The average molecular weight is 623 g/mol. The lowest BCUT2D eigenvalue weighted by atomic mass is 10.1. The van der Waals surface area contributed by atoms with Gasteiger partial charge in [-0.2, -0.15) is 0 Å². The molecule has 3 aromatic carbocycles. The number of aryl methyl sites for hydroxylation is 2. The van der Waals surface area contributed by atoms with Gasteiger partial charge in [0.25, 0.3) is 23.4 Å². The lowest BCUT2D eigenvalue weighted by Crippen LogP contribution is -2.54. The van der Waals surface area contributed by atoms with E-state index in [0.717, 1.165) is 17.2 Å². The minimum absolute atomic E-state index is 0.0817. The van der Waals surface area contributed by atoms with Gasteiger partial charge in [0.2, 0.25) is 0 Å². The van der Waals surface area contributed by atoms with Crippen LogP contribution in [0.3, 0.4) is 0 Å². The van der Waals surface area contributed by atoms with E-state index in [0.29, 0.717) is 20.6 Å². The van der Waals surface area contributed by atoms with Crippen molar-refractivity contribution in [3.63, 3.8) is 0 Å². The summed E-state index contributed by atoms with van der Waals surface area (Å²) < 4.78 is 11.5. The second-order valence-corrected chi connectivity index (χ2v) is 9.78. The number of hydrogen-bond acceptors (Lipinski definition) is 8. The first-order valence-electron chi connectivity index (χ1n) is 12.0. The van der Waals surface area contributed by atoms with E-state index >= 15 is 0 Å². The molecule has 1 saturated heterocycles. The molecule has 0 atom stereocenters. The van der Waals surface area contributed by atoms with Crippen LogP contribution in [0, 0.1) is 24.0 Å². The van der Waals surface area contributed by atoms with Gasteiger partial charge in [-0.25, -0.2) is 9.69 Å². The van der Waals surface area contributed by atoms with Crippen LogP contribution >= 0.6 is 15.9 Å². The Labute approximate surface area is 242 Å². The lowest BCUT2D eigenvalue weighted by molar-refractivity contribution is -0.384. The van der Waals surface area contributed by atoms with Crippen LogP contribution in [0.5, 0.6) is 11.5 Å². The number of urea groups is 1. The molecule has 1 aliphatic rings. The Kier molecular flexibility index (Phi) is 8.48. The van der Waals surface area contributed by atoms with Gasteiger partial charge in [-0.3, -0.25) is 29.8 Å². The number of barbiturate groups is 1. The zero-order chi connectivity index (χ0) is 29.8. The quantitative estimate of drug-likeness (QED) is 0.159. The molecule has 0 spiro atoms. The highest BCUT2D eigenvalue weighted by Gasteiger charge is 2.37. The topological polar surface area (TPSA) is 157 Å². The van der Waals surface area contributed by atoms with Crippen LogP contribution in [-0.2, 0) is 14.4 Å². The Morgan fingerprint density at radius 2 is 1.88 bits per heavy atom. The number of amides is 5. The minimum atomic E-state index is -1.04. The summed E-state index contributed by atoms with van der Waals surface area (Å²) in [6.45, 7) is 3.50. The zero-order valence-corrected chi connectivity index (χ0v) is 23.6. The fourth-order valence-corrected chi connectivity index (χ4v) is 4.62. The molecule has 0 radical (unpaired) electrons. The predicted octanol–water partition coefficient (Wildman–Crippen LogP) is 4.67. The summed E-state index contributed by atoms with van der Waals surface area (Å²) in [5, 5.41) is 16.0. The van der Waals surface area contributed by atoms with Crippen molar-refractivity contribution in [2.75, 3.05) is 23.9 Å². The first-order chi connectivity index (χ1) is 19.5. The number of carbonyl (C=O) groups excluding carboxylic acids is 4. The van der Waals surface area contributed by atoms with Crippen LogP contribution in [0.4, 0.5) is 21.9 Å². The number of rotatable bonds is 8. The molecule has 0 unspecified atom stereocenters. The van der Waals surface area contributed by atoms with Gasteiger partial charge in [0.1, 0.15) is 5.57 Å². The van der Waals surface area contributed by atoms with Crippen molar-refractivity contribution in [2.24, 2.45) is 0 Å². The lowest BCUT2D eigenvalue weighted by Gasteiger charge is -2.26.